The van der Waals surface area contributed by atoms with E-state index in [0.29, 0.717) is 36.2 Å². The summed E-state index contributed by atoms with van der Waals surface area (Å²) in [5.41, 5.74) is 18.3. The van der Waals surface area contributed by atoms with Crippen LogP contribution in [-0.4, -0.2) is 94.9 Å². The highest BCUT2D eigenvalue weighted by molar-refractivity contribution is 5.81. The Balaban J connectivity index is 1.50. The lowest BCUT2D eigenvalue weighted by Crippen LogP contribution is -3.11. The Morgan fingerprint density at radius 2 is 1.97 bits per heavy atom. The normalized spacial score (nSPS) is 22.8. The van der Waals surface area contributed by atoms with Crippen LogP contribution < -0.4 is 27.8 Å². The number of nitrogens with two attached hydrogens (primary N) is 3. The van der Waals surface area contributed by atoms with Gasteiger partial charge in [0, 0.05) is 26.1 Å². The van der Waals surface area contributed by atoms with E-state index in [1.54, 1.807) is 6.20 Å². The number of carboxylic acid groups (broad SMARTS) is 1. The first-order chi connectivity index (χ1) is 18.6. The first-order valence-electron chi connectivity index (χ1n) is 12.2. The third kappa shape index (κ3) is 6.13. The number of nitrogen functional groups attached to an aromatic ring is 2. The maximum Gasteiger partial charge on any atom is 0.351 e. The largest absolute Gasteiger partial charge is 0.480 e. The first-order valence-corrected chi connectivity index (χ1v) is 12.2. The lowest BCUT2D eigenvalue weighted by molar-refractivity contribution is -0.914. The molecular weight excluding hydrogens is 516 g/mol. The number of nitrogens with zero attached hydrogens (tertiary/aromatic N) is 6. The number of carboxylic acids is 1. The summed E-state index contributed by atoms with van der Waals surface area (Å²) in [4.78, 5) is 40.3. The quantitative estimate of drug-likeness (QED) is 0.114. The Hall–Kier alpha value is -3.74. The Morgan fingerprint density at radius 3 is 2.69 bits per heavy atom. The van der Waals surface area contributed by atoms with Gasteiger partial charge in [-0.25, -0.2) is 19.7 Å². The fourth-order valence-electron chi connectivity index (χ4n) is 4.57. The summed E-state index contributed by atoms with van der Waals surface area (Å²) in [6.45, 7) is 0.995. The van der Waals surface area contributed by atoms with E-state index < -0.39 is 42.2 Å². The van der Waals surface area contributed by atoms with Crippen molar-refractivity contribution in [3.05, 3.63) is 34.9 Å². The number of ether oxygens (including phenoxy) is 2. The van der Waals surface area contributed by atoms with Crippen LogP contribution in [0.2, 0.25) is 0 Å². The minimum absolute atomic E-state index is 0.0147. The molecule has 4 rings (SSSR count). The number of quaternary nitrogens is 1. The van der Waals surface area contributed by atoms with E-state index in [2.05, 4.69) is 19.9 Å². The van der Waals surface area contributed by atoms with E-state index >= 15 is 0 Å². The number of nitrogens with one attached hydrogen (secondary N) is 1. The van der Waals surface area contributed by atoms with Crippen LogP contribution in [0.25, 0.3) is 11.2 Å². The molecule has 0 aromatic carbocycles. The number of methoxy groups -OCH3 is 1. The van der Waals surface area contributed by atoms with Crippen LogP contribution in [-0.2, 0) is 27.5 Å². The van der Waals surface area contributed by atoms with Crippen LogP contribution in [0.15, 0.2) is 23.6 Å². The molecule has 1 aliphatic rings. The zero-order valence-corrected chi connectivity index (χ0v) is 21.3. The summed E-state index contributed by atoms with van der Waals surface area (Å²) in [5.74, 6) is -0.900. The van der Waals surface area contributed by atoms with Crippen LogP contribution in [0.5, 0.6) is 0 Å². The third-order valence-electron chi connectivity index (χ3n) is 6.72. The number of rotatable bonds is 12. The second kappa shape index (κ2) is 12.0. The summed E-state index contributed by atoms with van der Waals surface area (Å²) in [6.07, 6.45) is 0.462. The molecule has 3 aromatic heterocycles. The standard InChI is InChI=1S/C22H32N10O7/c1-38-10-31-7-11(17(24)29-22(31)37)6-30(4-2-12(23)21(35)36)5-3-13-15(33)16(34)20(39-13)32-9-28-14-18(25)26-8-27-19(14)32/h7-9,12-13,15-16,20,33-34H,2-6,10,23H2,1H3,(H,35,36)(H2,24,29,37)(H2,25,26,27)/p+1/t12-,13+,15+,16+,20+/m0/s1. The molecule has 17 heteroatoms. The Morgan fingerprint density at radius 1 is 1.21 bits per heavy atom. The highest BCUT2D eigenvalue weighted by atomic mass is 16.6. The molecule has 1 aliphatic heterocycles. The summed E-state index contributed by atoms with van der Waals surface area (Å²) < 4.78 is 13.8. The monoisotopic (exact) mass is 549 g/mol. The van der Waals surface area contributed by atoms with Gasteiger partial charge in [-0.1, -0.05) is 0 Å². The van der Waals surface area contributed by atoms with Crippen molar-refractivity contribution in [1.29, 1.82) is 0 Å². The molecule has 4 heterocycles. The van der Waals surface area contributed by atoms with Gasteiger partial charge in [0.25, 0.3) is 0 Å². The molecule has 1 fully saturated rings. The second-order valence-corrected chi connectivity index (χ2v) is 9.40. The average Bonchev–Trinajstić information content (AvgIpc) is 3.45. The van der Waals surface area contributed by atoms with Gasteiger partial charge in [-0.05, 0) is 0 Å². The molecule has 0 bridgehead atoms. The molecule has 0 radical (unpaired) electrons. The number of aliphatic carboxylic acids is 1. The molecule has 3 aromatic rings. The lowest BCUT2D eigenvalue weighted by atomic mass is 10.1. The van der Waals surface area contributed by atoms with Crippen LogP contribution >= 0.6 is 0 Å². The predicted molar refractivity (Wildman–Crippen MR) is 135 cm³/mol. The number of hydrogen-bond acceptors (Lipinski definition) is 13. The highest BCUT2D eigenvalue weighted by Gasteiger charge is 2.44. The molecule has 0 spiro atoms. The van der Waals surface area contributed by atoms with Gasteiger partial charge in [-0.3, -0.25) is 13.9 Å². The van der Waals surface area contributed by atoms with E-state index in [-0.39, 0.29) is 31.3 Å². The number of imidazole rings is 1. The van der Waals surface area contributed by atoms with Crippen molar-refractivity contribution in [2.75, 3.05) is 31.7 Å². The second-order valence-electron chi connectivity index (χ2n) is 9.40. The van der Waals surface area contributed by atoms with Crippen LogP contribution in [0.4, 0.5) is 11.6 Å². The van der Waals surface area contributed by atoms with Crippen molar-refractivity contribution < 1.29 is 34.5 Å². The van der Waals surface area contributed by atoms with E-state index in [1.807, 2.05) is 0 Å². The molecule has 1 unspecified atom stereocenters. The van der Waals surface area contributed by atoms with Gasteiger partial charge < -0.3 is 46.9 Å². The van der Waals surface area contributed by atoms with Crippen molar-refractivity contribution in [1.82, 2.24) is 29.1 Å². The summed E-state index contributed by atoms with van der Waals surface area (Å²) in [6, 6.07) is -1.07. The highest BCUT2D eigenvalue weighted by Crippen LogP contribution is 2.33. The molecule has 17 nitrogen and oxygen atoms in total. The zero-order valence-electron chi connectivity index (χ0n) is 21.3. The fraction of sp³-hybridized carbons (Fsp3) is 0.545. The lowest BCUT2D eigenvalue weighted by Gasteiger charge is -2.23. The average molecular weight is 550 g/mol. The van der Waals surface area contributed by atoms with Gasteiger partial charge in [0.1, 0.15) is 49.2 Å². The molecule has 10 N–H and O–H groups in total. The van der Waals surface area contributed by atoms with E-state index in [4.69, 9.17) is 26.7 Å². The first kappa shape index (κ1) is 28.3. The summed E-state index contributed by atoms with van der Waals surface area (Å²) >= 11 is 0. The van der Waals surface area contributed by atoms with Gasteiger partial charge in [0.15, 0.2) is 17.7 Å². The van der Waals surface area contributed by atoms with Crippen molar-refractivity contribution in [3.8, 4) is 0 Å². The van der Waals surface area contributed by atoms with Gasteiger partial charge >= 0.3 is 11.7 Å². The number of aliphatic hydroxyl groups excluding tert-OH is 2. The topological polar surface area (TPSA) is 257 Å². The number of anilines is 2. The van der Waals surface area contributed by atoms with E-state index in [9.17, 15) is 24.9 Å². The van der Waals surface area contributed by atoms with Crippen molar-refractivity contribution in [2.24, 2.45) is 5.73 Å². The van der Waals surface area contributed by atoms with Crippen LogP contribution in [0, 0.1) is 0 Å². The van der Waals surface area contributed by atoms with Gasteiger partial charge in [0.05, 0.1) is 31.1 Å². The van der Waals surface area contributed by atoms with E-state index in [1.165, 1.54) is 28.9 Å². The predicted octanol–water partition coefficient (Wildman–Crippen LogP) is -3.95. The zero-order chi connectivity index (χ0) is 28.3. The number of fused-ring (bicyclic) bond motifs is 1. The molecular formula is C22H33N10O7+. The van der Waals surface area contributed by atoms with Crippen LogP contribution in [0.1, 0.15) is 24.6 Å². The SMILES string of the molecule is COCn1cc(C[NH+](CC[C@H](N)C(=O)O)CC[C@H]2O[C@@H](n3cnc4c(N)ncnc43)[C@H](O)[C@@H]2O)c(N)nc1=O. The molecule has 0 saturated carbocycles. The van der Waals surface area contributed by atoms with Crippen molar-refractivity contribution in [3.63, 3.8) is 0 Å². The molecule has 39 heavy (non-hydrogen) atoms. The Bertz CT molecular complexity index is 1360. The van der Waals surface area contributed by atoms with Crippen molar-refractivity contribution >= 4 is 28.8 Å². The molecule has 1 saturated heterocycles. The Labute approximate surface area is 221 Å². The Kier molecular flexibility index (Phi) is 8.68. The summed E-state index contributed by atoms with van der Waals surface area (Å²) in [5, 5.41) is 30.7. The fourth-order valence-corrected chi connectivity index (χ4v) is 4.57. The number of aliphatic hydroxyl groups is 2. The van der Waals surface area contributed by atoms with Gasteiger partial charge in [0.2, 0.25) is 0 Å². The number of carbonyl (C=O) groups is 1. The van der Waals surface area contributed by atoms with Crippen LogP contribution in [0.3, 0.4) is 0 Å². The van der Waals surface area contributed by atoms with E-state index in [0.717, 1.165) is 4.90 Å². The van der Waals surface area contributed by atoms with Crippen molar-refractivity contribution in [2.45, 2.75) is 56.7 Å². The van der Waals surface area contributed by atoms with Gasteiger partial charge in [-0.2, -0.15) is 4.98 Å². The maximum atomic E-state index is 12.1. The molecule has 212 valence electrons. The minimum atomic E-state index is -1.27. The number of aromatic nitrogens is 6. The smallest absolute Gasteiger partial charge is 0.351 e. The number of hydrogen-bond donors (Lipinski definition) is 7. The van der Waals surface area contributed by atoms with Gasteiger partial charge in [-0.15, -0.1) is 0 Å². The molecule has 0 aliphatic carbocycles. The third-order valence-corrected chi connectivity index (χ3v) is 6.72. The molecule has 0 amide bonds. The maximum absolute atomic E-state index is 12.1. The minimum Gasteiger partial charge on any atom is -0.480 e. The summed E-state index contributed by atoms with van der Waals surface area (Å²) in [7, 11) is 1.44. The molecule has 6 atom stereocenters.